The number of fused-ring (bicyclic) bond motifs is 2. The number of aromatic nitrogens is 3. The average molecular weight is 432 g/mol. The van der Waals surface area contributed by atoms with Crippen molar-refractivity contribution in [2.24, 2.45) is 0 Å². The fourth-order valence-electron chi connectivity index (χ4n) is 4.38. The predicted molar refractivity (Wildman–Crippen MR) is 123 cm³/mol. The minimum atomic E-state index is 0.0346. The van der Waals surface area contributed by atoms with Crippen molar-refractivity contribution >= 4 is 11.7 Å². The Morgan fingerprint density at radius 1 is 1.00 bits per heavy atom. The Labute approximate surface area is 188 Å². The summed E-state index contributed by atoms with van der Waals surface area (Å²) >= 11 is 0. The number of carbonyl (C=O) groups excluding carboxylic acids is 1. The molecule has 2 aliphatic heterocycles. The molecule has 0 bridgehead atoms. The molecule has 7 nitrogen and oxygen atoms in total. The minimum Gasteiger partial charge on any atom is -0.478 e. The molecule has 4 heterocycles. The molecule has 1 aromatic carbocycles. The molecule has 0 saturated heterocycles. The van der Waals surface area contributed by atoms with Crippen LogP contribution in [0.1, 0.15) is 42.5 Å². The molecule has 0 aliphatic carbocycles. The van der Waals surface area contributed by atoms with E-state index in [1.807, 2.05) is 35.0 Å². The van der Waals surface area contributed by atoms with E-state index in [1.54, 1.807) is 0 Å². The van der Waals surface area contributed by atoms with Crippen LogP contribution in [0.4, 0.5) is 5.82 Å². The van der Waals surface area contributed by atoms with Gasteiger partial charge in [-0.2, -0.15) is 10.1 Å². The third kappa shape index (κ3) is 4.83. The van der Waals surface area contributed by atoms with Gasteiger partial charge in [-0.15, -0.1) is 0 Å². The molecule has 32 heavy (non-hydrogen) atoms. The summed E-state index contributed by atoms with van der Waals surface area (Å²) in [6.45, 7) is 3.68. The number of benzene rings is 1. The van der Waals surface area contributed by atoms with E-state index in [4.69, 9.17) is 9.84 Å². The number of hydrogen-bond donors (Lipinski definition) is 1. The van der Waals surface area contributed by atoms with Gasteiger partial charge >= 0.3 is 0 Å². The van der Waals surface area contributed by atoms with Crippen LogP contribution in [0.3, 0.4) is 0 Å². The number of rotatable bonds is 7. The van der Waals surface area contributed by atoms with Crippen molar-refractivity contribution in [1.82, 2.24) is 19.7 Å². The first-order chi connectivity index (χ1) is 15.7. The topological polar surface area (TPSA) is 72.3 Å². The Balaban J connectivity index is 1.07. The van der Waals surface area contributed by atoms with Crippen molar-refractivity contribution < 1.29 is 9.53 Å². The van der Waals surface area contributed by atoms with Gasteiger partial charge in [0.2, 0.25) is 11.8 Å². The molecule has 0 spiro atoms. The number of ether oxygens (including phenoxy) is 1. The van der Waals surface area contributed by atoms with Crippen LogP contribution in [0, 0.1) is 0 Å². The fourth-order valence-corrected chi connectivity index (χ4v) is 4.38. The van der Waals surface area contributed by atoms with E-state index in [9.17, 15) is 4.79 Å². The fraction of sp³-hybridized carbons (Fsp3) is 0.400. The van der Waals surface area contributed by atoms with Crippen molar-refractivity contribution in [3.8, 4) is 11.6 Å². The third-order valence-corrected chi connectivity index (χ3v) is 6.14. The van der Waals surface area contributed by atoms with E-state index in [1.165, 1.54) is 11.3 Å². The van der Waals surface area contributed by atoms with E-state index in [0.717, 1.165) is 63.0 Å². The quantitative estimate of drug-likeness (QED) is 0.577. The van der Waals surface area contributed by atoms with Gasteiger partial charge in [-0.25, -0.2) is 4.68 Å². The maximum atomic E-state index is 11.8. The Morgan fingerprint density at radius 3 is 2.81 bits per heavy atom. The Bertz CT molecular complexity index is 1080. The van der Waals surface area contributed by atoms with Gasteiger partial charge in [-0.3, -0.25) is 9.69 Å². The van der Waals surface area contributed by atoms with Crippen LogP contribution in [0.2, 0.25) is 0 Å². The van der Waals surface area contributed by atoms with Crippen molar-refractivity contribution in [2.45, 2.75) is 45.1 Å². The van der Waals surface area contributed by atoms with Crippen molar-refractivity contribution in [2.75, 3.05) is 25.0 Å². The van der Waals surface area contributed by atoms with Gasteiger partial charge in [0.25, 0.3) is 0 Å². The number of para-hydroxylation sites is 1. The standard InChI is InChI=1S/C25H29N5O2/c31-23-10-6-7-19-11-12-24(27-25(19)26-23)32-16-5-4-14-29-15-13-22-20(17-29)18-30(28-22)21-8-2-1-3-9-21/h1-3,8-9,11-12,18H,4-7,10,13-17H2,(H,26,27,31). The Morgan fingerprint density at radius 2 is 1.91 bits per heavy atom. The lowest BCUT2D eigenvalue weighted by molar-refractivity contribution is -0.116. The van der Waals surface area contributed by atoms with E-state index < -0.39 is 0 Å². The summed E-state index contributed by atoms with van der Waals surface area (Å²) in [5.41, 5.74) is 4.74. The summed E-state index contributed by atoms with van der Waals surface area (Å²) < 4.78 is 7.85. The van der Waals surface area contributed by atoms with Gasteiger partial charge in [0.1, 0.15) is 5.82 Å². The molecule has 2 aromatic heterocycles. The van der Waals surface area contributed by atoms with E-state index >= 15 is 0 Å². The van der Waals surface area contributed by atoms with Gasteiger partial charge in [0, 0.05) is 43.8 Å². The smallest absolute Gasteiger partial charge is 0.225 e. The SMILES string of the molecule is O=C1CCCc2ccc(OCCCCN3CCc4nn(-c5ccccc5)cc4C3)nc2N1. The molecule has 5 rings (SSSR count). The van der Waals surface area contributed by atoms with Crippen LogP contribution in [0.15, 0.2) is 48.7 Å². The largest absolute Gasteiger partial charge is 0.478 e. The molecule has 3 aromatic rings. The lowest BCUT2D eigenvalue weighted by Crippen LogP contribution is -2.31. The molecular formula is C25H29N5O2. The van der Waals surface area contributed by atoms with E-state index in [2.05, 4.69) is 33.5 Å². The average Bonchev–Trinajstić information content (AvgIpc) is 3.15. The monoisotopic (exact) mass is 431 g/mol. The molecule has 0 saturated carbocycles. The first-order valence-electron chi connectivity index (χ1n) is 11.5. The molecule has 0 unspecified atom stereocenters. The first-order valence-corrected chi connectivity index (χ1v) is 11.5. The second kappa shape index (κ2) is 9.53. The molecule has 0 radical (unpaired) electrons. The third-order valence-electron chi connectivity index (χ3n) is 6.14. The summed E-state index contributed by atoms with van der Waals surface area (Å²) in [6, 6.07) is 14.2. The highest BCUT2D eigenvalue weighted by molar-refractivity contribution is 5.91. The number of nitrogens with one attached hydrogen (secondary N) is 1. The molecule has 166 valence electrons. The normalized spacial score (nSPS) is 16.1. The number of aryl methyl sites for hydroxylation is 1. The summed E-state index contributed by atoms with van der Waals surface area (Å²) in [5.74, 6) is 1.28. The van der Waals surface area contributed by atoms with Gasteiger partial charge in [0.05, 0.1) is 18.0 Å². The number of anilines is 1. The van der Waals surface area contributed by atoms with Gasteiger partial charge in [0.15, 0.2) is 0 Å². The zero-order valence-electron chi connectivity index (χ0n) is 18.3. The summed E-state index contributed by atoms with van der Waals surface area (Å²) in [4.78, 5) is 18.7. The Kier molecular flexibility index (Phi) is 6.16. The van der Waals surface area contributed by atoms with Gasteiger partial charge in [-0.1, -0.05) is 18.2 Å². The van der Waals surface area contributed by atoms with Crippen molar-refractivity contribution in [1.29, 1.82) is 0 Å². The summed E-state index contributed by atoms with van der Waals surface area (Å²) in [5, 5.41) is 7.66. The molecule has 0 fully saturated rings. The highest BCUT2D eigenvalue weighted by atomic mass is 16.5. The second-order valence-electron chi connectivity index (χ2n) is 8.52. The minimum absolute atomic E-state index is 0.0346. The molecular weight excluding hydrogens is 402 g/mol. The van der Waals surface area contributed by atoms with Crippen molar-refractivity contribution in [3.05, 3.63) is 65.5 Å². The Hall–Kier alpha value is -3.19. The molecule has 0 atom stereocenters. The number of unbranched alkanes of at least 4 members (excludes halogenated alkanes) is 1. The maximum absolute atomic E-state index is 11.8. The number of carbonyl (C=O) groups is 1. The van der Waals surface area contributed by atoms with Crippen LogP contribution in [0.25, 0.3) is 5.69 Å². The number of amides is 1. The molecule has 1 N–H and O–H groups in total. The highest BCUT2D eigenvalue weighted by Crippen LogP contribution is 2.23. The first kappa shape index (κ1) is 20.7. The number of pyridine rings is 1. The number of nitrogens with zero attached hydrogens (tertiary/aromatic N) is 4. The molecule has 1 amide bonds. The number of hydrogen-bond acceptors (Lipinski definition) is 5. The zero-order chi connectivity index (χ0) is 21.8. The molecule has 2 aliphatic rings. The van der Waals surface area contributed by atoms with Crippen LogP contribution in [-0.2, 0) is 24.2 Å². The predicted octanol–water partition coefficient (Wildman–Crippen LogP) is 3.76. The van der Waals surface area contributed by atoms with Crippen molar-refractivity contribution in [3.63, 3.8) is 0 Å². The van der Waals surface area contributed by atoms with Crippen LogP contribution in [-0.4, -0.2) is 45.3 Å². The van der Waals surface area contributed by atoms with Gasteiger partial charge in [-0.05, 0) is 56.0 Å². The van der Waals surface area contributed by atoms with E-state index in [0.29, 0.717) is 24.7 Å². The lowest BCUT2D eigenvalue weighted by Gasteiger charge is -2.25. The second-order valence-corrected chi connectivity index (χ2v) is 8.52. The maximum Gasteiger partial charge on any atom is 0.225 e. The van der Waals surface area contributed by atoms with Crippen LogP contribution in [0.5, 0.6) is 5.88 Å². The highest BCUT2D eigenvalue weighted by Gasteiger charge is 2.20. The molecule has 7 heteroatoms. The zero-order valence-corrected chi connectivity index (χ0v) is 18.3. The van der Waals surface area contributed by atoms with Gasteiger partial charge < -0.3 is 10.1 Å². The van der Waals surface area contributed by atoms with Crippen LogP contribution < -0.4 is 10.1 Å². The summed E-state index contributed by atoms with van der Waals surface area (Å²) in [6.07, 6.45) is 7.51. The lowest BCUT2D eigenvalue weighted by atomic mass is 10.1. The van der Waals surface area contributed by atoms with Crippen LogP contribution >= 0.6 is 0 Å². The van der Waals surface area contributed by atoms with E-state index in [-0.39, 0.29) is 5.91 Å². The summed E-state index contributed by atoms with van der Waals surface area (Å²) in [7, 11) is 0.